The van der Waals surface area contributed by atoms with E-state index in [4.69, 9.17) is 0 Å². The largest absolute Gasteiger partial charge is 0.0995 e. The maximum absolute atomic E-state index is 4.49. The van der Waals surface area contributed by atoms with Crippen LogP contribution in [0.5, 0.6) is 0 Å². The van der Waals surface area contributed by atoms with E-state index in [2.05, 4.69) is 118 Å². The van der Waals surface area contributed by atoms with Crippen molar-refractivity contribution in [3.05, 3.63) is 143 Å². The van der Waals surface area contributed by atoms with Crippen LogP contribution in [0.15, 0.2) is 115 Å². The Morgan fingerprint density at radius 3 is 2.15 bits per heavy atom. The van der Waals surface area contributed by atoms with Gasteiger partial charge in [-0.15, -0.1) is 0 Å². The van der Waals surface area contributed by atoms with Crippen LogP contribution in [0.1, 0.15) is 72.3 Å². The zero-order valence-corrected chi connectivity index (χ0v) is 20.6. The Bertz CT molecular complexity index is 1190. The van der Waals surface area contributed by atoms with Gasteiger partial charge in [0.2, 0.25) is 0 Å². The van der Waals surface area contributed by atoms with E-state index in [1.807, 2.05) is 0 Å². The fourth-order valence-electron chi connectivity index (χ4n) is 6.13. The van der Waals surface area contributed by atoms with Gasteiger partial charge in [-0.3, -0.25) is 0 Å². The lowest BCUT2D eigenvalue weighted by Crippen LogP contribution is -2.15. The van der Waals surface area contributed by atoms with Crippen molar-refractivity contribution in [2.45, 2.75) is 57.3 Å². The lowest BCUT2D eigenvalue weighted by Gasteiger charge is -2.29. The highest BCUT2D eigenvalue weighted by atomic mass is 14.4. The van der Waals surface area contributed by atoms with E-state index in [1.54, 1.807) is 0 Å². The normalized spacial score (nSPS) is 23.4. The van der Waals surface area contributed by atoms with Crippen molar-refractivity contribution in [1.29, 1.82) is 0 Å². The van der Waals surface area contributed by atoms with Gasteiger partial charge < -0.3 is 0 Å². The molecule has 0 amide bonds. The smallest absolute Gasteiger partial charge is 0.0115 e. The average Bonchev–Trinajstić information content (AvgIpc) is 3.02. The number of hydrogen-bond donors (Lipinski definition) is 0. The second-order valence-corrected chi connectivity index (χ2v) is 10.2. The standard InChI is InChI=1S/C34H36/c1-4-25-18-21-30-29(22-25)23-33(34(24(2)3)32-13-9-8-12-31(30)32)28-19-16-27(17-20-28)15-14-26-10-6-5-7-11-26/h5-13,16-22,29-30,33-34H,2,4,14-15,23H2,1,3H3. The molecule has 0 nitrogen and oxygen atoms in total. The van der Waals surface area contributed by atoms with Crippen molar-refractivity contribution in [3.63, 3.8) is 0 Å². The summed E-state index contributed by atoms with van der Waals surface area (Å²) in [5.41, 5.74) is 9.98. The van der Waals surface area contributed by atoms with Gasteiger partial charge in [-0.05, 0) is 72.3 Å². The van der Waals surface area contributed by atoms with Crippen LogP contribution in [0.2, 0.25) is 0 Å². The fourth-order valence-corrected chi connectivity index (χ4v) is 6.13. The van der Waals surface area contributed by atoms with Gasteiger partial charge in [0.05, 0.1) is 0 Å². The Morgan fingerprint density at radius 2 is 1.47 bits per heavy atom. The molecule has 4 unspecified atom stereocenters. The Morgan fingerprint density at radius 1 is 0.824 bits per heavy atom. The van der Waals surface area contributed by atoms with Gasteiger partial charge in [0.1, 0.15) is 0 Å². The minimum absolute atomic E-state index is 0.351. The first-order valence-electron chi connectivity index (χ1n) is 12.9. The zero-order chi connectivity index (χ0) is 23.5. The number of rotatable bonds is 6. The molecule has 0 bridgehead atoms. The van der Waals surface area contributed by atoms with Crippen LogP contribution in [-0.2, 0) is 12.8 Å². The molecule has 2 aliphatic rings. The van der Waals surface area contributed by atoms with Gasteiger partial charge in [-0.1, -0.05) is 122 Å². The second-order valence-electron chi connectivity index (χ2n) is 10.2. The van der Waals surface area contributed by atoms with Crippen molar-refractivity contribution in [2.24, 2.45) is 5.92 Å². The molecule has 5 rings (SSSR count). The van der Waals surface area contributed by atoms with Gasteiger partial charge in [0.25, 0.3) is 0 Å². The molecule has 2 aliphatic carbocycles. The van der Waals surface area contributed by atoms with E-state index in [1.165, 1.54) is 39.0 Å². The lowest BCUT2D eigenvalue weighted by atomic mass is 9.74. The Balaban J connectivity index is 1.47. The van der Waals surface area contributed by atoms with Crippen LogP contribution in [-0.4, -0.2) is 0 Å². The highest BCUT2D eigenvalue weighted by Crippen LogP contribution is 2.51. The van der Waals surface area contributed by atoms with E-state index in [0.717, 1.165) is 25.7 Å². The summed E-state index contributed by atoms with van der Waals surface area (Å²) in [6.45, 7) is 8.98. The quantitative estimate of drug-likeness (QED) is 0.333. The van der Waals surface area contributed by atoms with Crippen LogP contribution in [0, 0.1) is 5.92 Å². The molecule has 0 radical (unpaired) electrons. The summed E-state index contributed by atoms with van der Waals surface area (Å²) in [7, 11) is 0. The molecule has 34 heavy (non-hydrogen) atoms. The summed E-state index contributed by atoms with van der Waals surface area (Å²) in [5.74, 6) is 1.79. The third-order valence-corrected chi connectivity index (χ3v) is 7.92. The first kappa shape index (κ1) is 22.7. The molecule has 0 saturated carbocycles. The third-order valence-electron chi connectivity index (χ3n) is 7.92. The first-order chi connectivity index (χ1) is 16.6. The van der Waals surface area contributed by atoms with Crippen molar-refractivity contribution in [3.8, 4) is 0 Å². The number of allylic oxidation sites excluding steroid dienone is 5. The van der Waals surface area contributed by atoms with Gasteiger partial charge in [0.15, 0.2) is 0 Å². The van der Waals surface area contributed by atoms with Crippen LogP contribution >= 0.6 is 0 Å². The lowest BCUT2D eigenvalue weighted by molar-refractivity contribution is 0.462. The monoisotopic (exact) mass is 444 g/mol. The SMILES string of the molecule is C=C(C)C1c2ccccc2C2C=CC(CC)=CC2CC1c1ccc(CCc2ccccc2)cc1. The number of aryl methyl sites for hydroxylation is 2. The van der Waals surface area contributed by atoms with E-state index < -0.39 is 0 Å². The number of benzene rings is 3. The molecule has 172 valence electrons. The molecule has 0 aromatic heterocycles. The van der Waals surface area contributed by atoms with E-state index in [9.17, 15) is 0 Å². The van der Waals surface area contributed by atoms with Gasteiger partial charge in [0, 0.05) is 11.8 Å². The van der Waals surface area contributed by atoms with E-state index in [-0.39, 0.29) is 0 Å². The first-order valence-corrected chi connectivity index (χ1v) is 12.9. The van der Waals surface area contributed by atoms with Crippen LogP contribution in [0.3, 0.4) is 0 Å². The molecule has 0 saturated heterocycles. The van der Waals surface area contributed by atoms with Crippen LogP contribution in [0.25, 0.3) is 0 Å². The topological polar surface area (TPSA) is 0 Å². The Hall–Kier alpha value is -3.12. The molecule has 3 aromatic carbocycles. The average molecular weight is 445 g/mol. The molecule has 3 aromatic rings. The summed E-state index contributed by atoms with van der Waals surface area (Å²) >= 11 is 0. The molecular formula is C34H36. The Labute approximate surface area is 205 Å². The molecule has 0 spiro atoms. The van der Waals surface area contributed by atoms with Gasteiger partial charge in [-0.25, -0.2) is 0 Å². The third kappa shape index (κ3) is 4.60. The van der Waals surface area contributed by atoms with E-state index >= 15 is 0 Å². The van der Waals surface area contributed by atoms with Crippen LogP contribution < -0.4 is 0 Å². The predicted octanol–water partition coefficient (Wildman–Crippen LogP) is 8.93. The van der Waals surface area contributed by atoms with Crippen molar-refractivity contribution in [1.82, 2.24) is 0 Å². The van der Waals surface area contributed by atoms with Crippen molar-refractivity contribution < 1.29 is 0 Å². The maximum Gasteiger partial charge on any atom is 0.0115 e. The minimum Gasteiger partial charge on any atom is -0.0995 e. The summed E-state index contributed by atoms with van der Waals surface area (Å²) in [4.78, 5) is 0. The summed E-state index contributed by atoms with van der Waals surface area (Å²) in [5, 5.41) is 0. The number of hydrogen-bond acceptors (Lipinski definition) is 0. The molecule has 0 N–H and O–H groups in total. The minimum atomic E-state index is 0.351. The summed E-state index contributed by atoms with van der Waals surface area (Å²) < 4.78 is 0. The van der Waals surface area contributed by atoms with Crippen molar-refractivity contribution in [2.75, 3.05) is 0 Å². The van der Waals surface area contributed by atoms with Gasteiger partial charge >= 0.3 is 0 Å². The molecule has 0 fully saturated rings. The second kappa shape index (κ2) is 10.0. The van der Waals surface area contributed by atoms with E-state index in [0.29, 0.717) is 23.7 Å². The van der Waals surface area contributed by atoms with Crippen molar-refractivity contribution >= 4 is 0 Å². The summed E-state index contributed by atoms with van der Waals surface area (Å²) in [6, 6.07) is 29.4. The maximum atomic E-state index is 4.49. The molecule has 4 atom stereocenters. The highest BCUT2D eigenvalue weighted by Gasteiger charge is 2.37. The molecule has 0 aliphatic heterocycles. The Kier molecular flexibility index (Phi) is 6.68. The fraction of sp³-hybridized carbons (Fsp3) is 0.294. The zero-order valence-electron chi connectivity index (χ0n) is 20.6. The highest BCUT2D eigenvalue weighted by molar-refractivity contribution is 5.47. The number of fused-ring (bicyclic) bond motifs is 3. The summed E-state index contributed by atoms with van der Waals surface area (Å²) in [6.07, 6.45) is 11.8. The van der Waals surface area contributed by atoms with Crippen LogP contribution in [0.4, 0.5) is 0 Å². The molecule has 0 heteroatoms. The van der Waals surface area contributed by atoms with Gasteiger partial charge in [-0.2, -0.15) is 0 Å². The predicted molar refractivity (Wildman–Crippen MR) is 145 cm³/mol. The molecular weight excluding hydrogens is 408 g/mol. The molecule has 0 heterocycles.